The van der Waals surface area contributed by atoms with E-state index in [1.807, 2.05) is 0 Å². The first kappa shape index (κ1) is 15.6. The van der Waals surface area contributed by atoms with Gasteiger partial charge in [0.05, 0.1) is 4.92 Å². The molecule has 1 N–H and O–H groups in total. The number of nitro benzene ring substituents is 1. The van der Waals surface area contributed by atoms with Crippen LogP contribution in [0.25, 0.3) is 0 Å². The molecule has 0 radical (unpaired) electrons. The van der Waals surface area contributed by atoms with E-state index in [1.54, 1.807) is 31.2 Å². The lowest BCUT2D eigenvalue weighted by molar-refractivity contribution is -0.384. The van der Waals surface area contributed by atoms with Crippen LogP contribution in [0.5, 0.6) is 0 Å². The van der Waals surface area contributed by atoms with Gasteiger partial charge in [-0.25, -0.2) is 4.39 Å². The topological polar surface area (TPSA) is 72.2 Å². The number of carbonyl (C=O) groups excluding carboxylic acids is 1. The highest BCUT2D eigenvalue weighted by atomic mass is 19.1. The standard InChI is InChI=1S/C16H15FN2O3/c1-11-4-2-7-14(19(21)22)16(11)18-15(20)9-8-12-5-3-6-13(17)10-12/h2-7,10H,8-9H2,1H3,(H,18,20). The molecule has 0 saturated heterocycles. The molecule has 0 aromatic heterocycles. The van der Waals surface area contributed by atoms with E-state index in [9.17, 15) is 19.3 Å². The number of nitrogens with one attached hydrogen (secondary N) is 1. The maximum Gasteiger partial charge on any atom is 0.293 e. The van der Waals surface area contributed by atoms with Gasteiger partial charge >= 0.3 is 0 Å². The number of halogens is 1. The van der Waals surface area contributed by atoms with E-state index in [-0.39, 0.29) is 29.5 Å². The van der Waals surface area contributed by atoms with E-state index in [4.69, 9.17) is 0 Å². The van der Waals surface area contributed by atoms with Crippen LogP contribution in [0.2, 0.25) is 0 Å². The van der Waals surface area contributed by atoms with E-state index < -0.39 is 4.92 Å². The summed E-state index contributed by atoms with van der Waals surface area (Å²) in [5, 5.41) is 13.6. The van der Waals surface area contributed by atoms with Crippen molar-refractivity contribution >= 4 is 17.3 Å². The molecule has 0 atom stereocenters. The van der Waals surface area contributed by atoms with E-state index in [1.165, 1.54) is 18.2 Å². The third kappa shape index (κ3) is 3.88. The second-order valence-corrected chi connectivity index (χ2v) is 4.90. The fourth-order valence-electron chi connectivity index (χ4n) is 2.12. The number of hydrogen-bond donors (Lipinski definition) is 1. The Balaban J connectivity index is 2.05. The van der Waals surface area contributed by atoms with Gasteiger partial charge in [-0.1, -0.05) is 24.3 Å². The lowest BCUT2D eigenvalue weighted by Gasteiger charge is -2.09. The van der Waals surface area contributed by atoms with Crippen molar-refractivity contribution in [2.24, 2.45) is 0 Å². The van der Waals surface area contributed by atoms with Gasteiger partial charge in [0, 0.05) is 12.5 Å². The Morgan fingerprint density at radius 3 is 2.68 bits per heavy atom. The van der Waals surface area contributed by atoms with Gasteiger partial charge in [-0.2, -0.15) is 0 Å². The second kappa shape index (κ2) is 6.80. The minimum Gasteiger partial charge on any atom is -0.320 e. The molecular formula is C16H15FN2O3. The van der Waals surface area contributed by atoms with Crippen molar-refractivity contribution in [2.75, 3.05) is 5.32 Å². The average molecular weight is 302 g/mol. The Kier molecular flexibility index (Phi) is 4.83. The zero-order valence-corrected chi connectivity index (χ0v) is 12.0. The van der Waals surface area contributed by atoms with Gasteiger partial charge in [0.2, 0.25) is 5.91 Å². The number of nitro groups is 1. The van der Waals surface area contributed by atoms with E-state index >= 15 is 0 Å². The Morgan fingerprint density at radius 1 is 1.27 bits per heavy atom. The van der Waals surface area contributed by atoms with Crippen molar-refractivity contribution < 1.29 is 14.1 Å². The summed E-state index contributed by atoms with van der Waals surface area (Å²) in [7, 11) is 0. The van der Waals surface area contributed by atoms with Crippen LogP contribution in [0.4, 0.5) is 15.8 Å². The third-order valence-electron chi connectivity index (χ3n) is 3.24. The molecule has 0 unspecified atom stereocenters. The number of aryl methyl sites for hydroxylation is 2. The van der Waals surface area contributed by atoms with E-state index in [0.29, 0.717) is 17.5 Å². The predicted molar refractivity (Wildman–Crippen MR) is 81.2 cm³/mol. The quantitative estimate of drug-likeness (QED) is 0.677. The minimum absolute atomic E-state index is 0.120. The molecule has 0 fully saturated rings. The number of rotatable bonds is 5. The number of benzene rings is 2. The normalized spacial score (nSPS) is 10.3. The van der Waals surface area contributed by atoms with Gasteiger partial charge in [0.25, 0.3) is 5.69 Å². The number of anilines is 1. The van der Waals surface area contributed by atoms with Crippen LogP contribution >= 0.6 is 0 Å². The summed E-state index contributed by atoms with van der Waals surface area (Å²) in [5.74, 6) is -0.700. The Bertz CT molecular complexity index is 716. The summed E-state index contributed by atoms with van der Waals surface area (Å²) < 4.78 is 13.1. The third-order valence-corrected chi connectivity index (χ3v) is 3.24. The minimum atomic E-state index is -0.533. The molecule has 0 aliphatic rings. The first-order chi connectivity index (χ1) is 10.5. The summed E-state index contributed by atoms with van der Waals surface area (Å²) in [6.07, 6.45) is 0.484. The second-order valence-electron chi connectivity index (χ2n) is 4.90. The van der Waals surface area contributed by atoms with Crippen LogP contribution in [0.1, 0.15) is 17.5 Å². The van der Waals surface area contributed by atoms with Gasteiger partial charge in [-0.05, 0) is 36.6 Å². The number of para-hydroxylation sites is 1. The van der Waals surface area contributed by atoms with Gasteiger partial charge in [0.15, 0.2) is 0 Å². The fraction of sp³-hybridized carbons (Fsp3) is 0.188. The molecule has 5 nitrogen and oxygen atoms in total. The molecule has 0 heterocycles. The Labute approximate surface area is 126 Å². The SMILES string of the molecule is Cc1cccc([N+](=O)[O-])c1NC(=O)CCc1cccc(F)c1. The van der Waals surface area contributed by atoms with Gasteiger partial charge in [0.1, 0.15) is 11.5 Å². The lowest BCUT2D eigenvalue weighted by atomic mass is 10.1. The maximum atomic E-state index is 13.1. The van der Waals surface area contributed by atoms with E-state index in [0.717, 1.165) is 0 Å². The molecule has 1 amide bonds. The predicted octanol–water partition coefficient (Wildman–Crippen LogP) is 3.61. The van der Waals surface area contributed by atoms with Crippen molar-refractivity contribution in [3.63, 3.8) is 0 Å². The van der Waals surface area contributed by atoms with Crippen LogP contribution in [0, 0.1) is 22.9 Å². The summed E-state index contributed by atoms with van der Waals surface area (Å²) >= 11 is 0. The van der Waals surface area contributed by atoms with Gasteiger partial charge in [-0.3, -0.25) is 14.9 Å². The molecule has 0 aliphatic heterocycles. The summed E-state index contributed by atoms with van der Waals surface area (Å²) in [6, 6.07) is 10.6. The Morgan fingerprint density at radius 2 is 2.00 bits per heavy atom. The van der Waals surface area contributed by atoms with Crippen LogP contribution in [0.3, 0.4) is 0 Å². The number of amides is 1. The lowest BCUT2D eigenvalue weighted by Crippen LogP contribution is -2.14. The molecule has 2 rings (SSSR count). The monoisotopic (exact) mass is 302 g/mol. The number of carbonyl (C=O) groups is 1. The average Bonchev–Trinajstić information content (AvgIpc) is 2.47. The first-order valence-electron chi connectivity index (χ1n) is 6.75. The molecule has 0 aliphatic carbocycles. The smallest absolute Gasteiger partial charge is 0.293 e. The molecule has 0 spiro atoms. The summed E-state index contributed by atoms with van der Waals surface area (Å²) in [6.45, 7) is 1.69. The van der Waals surface area contributed by atoms with Gasteiger partial charge in [-0.15, -0.1) is 0 Å². The molecule has 22 heavy (non-hydrogen) atoms. The zero-order valence-electron chi connectivity index (χ0n) is 12.0. The number of nitrogens with zero attached hydrogens (tertiary/aromatic N) is 1. The first-order valence-corrected chi connectivity index (χ1v) is 6.75. The highest BCUT2D eigenvalue weighted by molar-refractivity contribution is 5.94. The fourth-order valence-corrected chi connectivity index (χ4v) is 2.12. The largest absolute Gasteiger partial charge is 0.320 e. The van der Waals surface area contributed by atoms with Crippen LogP contribution in [0.15, 0.2) is 42.5 Å². The zero-order chi connectivity index (χ0) is 16.1. The van der Waals surface area contributed by atoms with Gasteiger partial charge < -0.3 is 5.32 Å². The maximum absolute atomic E-state index is 13.1. The van der Waals surface area contributed by atoms with Crippen LogP contribution < -0.4 is 5.32 Å². The van der Waals surface area contributed by atoms with Crippen LogP contribution in [-0.2, 0) is 11.2 Å². The van der Waals surface area contributed by atoms with Crippen LogP contribution in [-0.4, -0.2) is 10.8 Å². The van der Waals surface area contributed by atoms with Crippen molar-refractivity contribution in [3.05, 3.63) is 69.5 Å². The summed E-state index contributed by atoms with van der Waals surface area (Å²) in [5.41, 5.74) is 1.39. The van der Waals surface area contributed by atoms with Crippen molar-refractivity contribution in [1.29, 1.82) is 0 Å². The van der Waals surface area contributed by atoms with Crippen molar-refractivity contribution in [3.8, 4) is 0 Å². The molecular weight excluding hydrogens is 287 g/mol. The van der Waals surface area contributed by atoms with Crippen molar-refractivity contribution in [2.45, 2.75) is 19.8 Å². The molecule has 2 aromatic carbocycles. The molecule has 6 heteroatoms. The highest BCUT2D eigenvalue weighted by Gasteiger charge is 2.17. The van der Waals surface area contributed by atoms with E-state index in [2.05, 4.69) is 5.32 Å². The Hall–Kier alpha value is -2.76. The van der Waals surface area contributed by atoms with Crippen molar-refractivity contribution in [1.82, 2.24) is 0 Å². The molecule has 114 valence electrons. The molecule has 0 saturated carbocycles. The summed E-state index contributed by atoms with van der Waals surface area (Å²) in [4.78, 5) is 22.4. The molecule has 2 aromatic rings. The molecule has 0 bridgehead atoms. The highest BCUT2D eigenvalue weighted by Crippen LogP contribution is 2.27. The number of hydrogen-bond acceptors (Lipinski definition) is 3.